The Kier molecular flexibility index (Phi) is 8.15. The van der Waals surface area contributed by atoms with Crippen LogP contribution in [-0.2, 0) is 0 Å². The molecule has 0 aromatic rings. The number of hydrogen-bond donors (Lipinski definition) is 1. The van der Waals surface area contributed by atoms with Crippen LogP contribution in [0.25, 0.3) is 0 Å². The predicted molar refractivity (Wildman–Crippen MR) is 51.8 cm³/mol. The molecule has 2 heteroatoms. The van der Waals surface area contributed by atoms with Crippen molar-refractivity contribution in [3.8, 4) is 6.07 Å². The number of nitriles is 1. The summed E-state index contributed by atoms with van der Waals surface area (Å²) in [5.41, 5.74) is 0. The first-order valence-corrected chi connectivity index (χ1v) is 4.92. The van der Waals surface area contributed by atoms with Crippen molar-refractivity contribution in [1.29, 1.82) is 5.26 Å². The summed E-state index contributed by atoms with van der Waals surface area (Å²) in [6, 6.07) is 2.29. The molecule has 0 rings (SSSR count). The molecule has 0 aromatic carbocycles. The molecule has 2 nitrogen and oxygen atoms in total. The van der Waals surface area contributed by atoms with Crippen LogP contribution in [0.1, 0.15) is 45.4 Å². The molecule has 0 aromatic heterocycles. The Hall–Kier alpha value is -0.550. The van der Waals surface area contributed by atoms with Gasteiger partial charge >= 0.3 is 0 Å². The van der Waals surface area contributed by atoms with Crippen molar-refractivity contribution < 1.29 is 0 Å². The zero-order chi connectivity index (χ0) is 9.23. The van der Waals surface area contributed by atoms with E-state index >= 15 is 0 Å². The molecule has 1 unspecified atom stereocenters. The van der Waals surface area contributed by atoms with Crippen LogP contribution >= 0.6 is 0 Å². The van der Waals surface area contributed by atoms with E-state index in [9.17, 15) is 0 Å². The smallest absolute Gasteiger partial charge is 0.0950 e. The first-order chi connectivity index (χ1) is 5.85. The van der Waals surface area contributed by atoms with Crippen LogP contribution in [0, 0.1) is 11.3 Å². The second-order valence-corrected chi connectivity index (χ2v) is 3.17. The Labute approximate surface area is 76.0 Å². The molecule has 0 amide bonds. The van der Waals surface area contributed by atoms with Gasteiger partial charge in [0.15, 0.2) is 0 Å². The fraction of sp³-hybridized carbons (Fsp3) is 0.900. The quantitative estimate of drug-likeness (QED) is 0.593. The van der Waals surface area contributed by atoms with Gasteiger partial charge < -0.3 is 5.32 Å². The van der Waals surface area contributed by atoms with E-state index in [0.717, 1.165) is 6.42 Å². The molecule has 0 saturated heterocycles. The summed E-state index contributed by atoms with van der Waals surface area (Å²) < 4.78 is 0. The standard InChI is InChI=1S/C10H20N2/c1-3-4-5-6-7-8-10(9-11)12-2/h10,12H,3-8H2,1-2H3. The normalized spacial score (nSPS) is 12.4. The molecular weight excluding hydrogens is 148 g/mol. The van der Waals surface area contributed by atoms with E-state index in [-0.39, 0.29) is 6.04 Å². The molecule has 12 heavy (non-hydrogen) atoms. The van der Waals surface area contributed by atoms with Crippen LogP contribution in [0.15, 0.2) is 0 Å². The predicted octanol–water partition coefficient (Wildman–Crippen LogP) is 2.46. The molecular formula is C10H20N2. The van der Waals surface area contributed by atoms with Gasteiger partial charge in [-0.1, -0.05) is 39.0 Å². The Morgan fingerprint density at radius 3 is 2.42 bits per heavy atom. The first-order valence-electron chi connectivity index (χ1n) is 4.92. The number of hydrogen-bond acceptors (Lipinski definition) is 2. The van der Waals surface area contributed by atoms with E-state index in [2.05, 4.69) is 18.3 Å². The molecule has 0 fully saturated rings. The summed E-state index contributed by atoms with van der Waals surface area (Å²) >= 11 is 0. The third-order valence-electron chi connectivity index (χ3n) is 2.10. The van der Waals surface area contributed by atoms with Crippen molar-refractivity contribution >= 4 is 0 Å². The van der Waals surface area contributed by atoms with Crippen LogP contribution in [-0.4, -0.2) is 13.1 Å². The summed E-state index contributed by atoms with van der Waals surface area (Å²) in [4.78, 5) is 0. The van der Waals surface area contributed by atoms with E-state index in [0.29, 0.717) is 0 Å². The molecule has 0 radical (unpaired) electrons. The first kappa shape index (κ1) is 11.4. The Balaban J connectivity index is 3.13. The van der Waals surface area contributed by atoms with E-state index in [1.807, 2.05) is 7.05 Å². The highest BCUT2D eigenvalue weighted by molar-refractivity contribution is 4.87. The van der Waals surface area contributed by atoms with Gasteiger partial charge in [-0.15, -0.1) is 0 Å². The maximum absolute atomic E-state index is 8.62. The highest BCUT2D eigenvalue weighted by Gasteiger charge is 2.01. The Morgan fingerprint density at radius 1 is 1.25 bits per heavy atom. The maximum atomic E-state index is 8.62. The Morgan fingerprint density at radius 2 is 1.92 bits per heavy atom. The molecule has 0 saturated carbocycles. The number of nitrogens with one attached hydrogen (secondary N) is 1. The second kappa shape index (κ2) is 8.55. The second-order valence-electron chi connectivity index (χ2n) is 3.17. The number of nitrogens with zero attached hydrogens (tertiary/aromatic N) is 1. The summed E-state index contributed by atoms with van der Waals surface area (Å²) in [5, 5.41) is 11.6. The van der Waals surface area contributed by atoms with Gasteiger partial charge in [-0.05, 0) is 13.5 Å². The number of rotatable bonds is 7. The highest BCUT2D eigenvalue weighted by atomic mass is 14.9. The van der Waals surface area contributed by atoms with E-state index < -0.39 is 0 Å². The molecule has 1 N–H and O–H groups in total. The van der Waals surface area contributed by atoms with E-state index in [1.54, 1.807) is 0 Å². The largest absolute Gasteiger partial charge is 0.305 e. The van der Waals surface area contributed by atoms with Crippen molar-refractivity contribution in [2.45, 2.75) is 51.5 Å². The van der Waals surface area contributed by atoms with Crippen molar-refractivity contribution in [2.75, 3.05) is 7.05 Å². The minimum Gasteiger partial charge on any atom is -0.305 e. The van der Waals surface area contributed by atoms with E-state index in [1.165, 1.54) is 32.1 Å². The fourth-order valence-electron chi connectivity index (χ4n) is 1.23. The van der Waals surface area contributed by atoms with Gasteiger partial charge in [0.05, 0.1) is 12.1 Å². The molecule has 1 atom stereocenters. The van der Waals surface area contributed by atoms with Gasteiger partial charge in [0.2, 0.25) is 0 Å². The molecule has 0 aliphatic rings. The van der Waals surface area contributed by atoms with Crippen LogP contribution < -0.4 is 5.32 Å². The topological polar surface area (TPSA) is 35.8 Å². The third kappa shape index (κ3) is 6.18. The summed E-state index contributed by atoms with van der Waals surface area (Å²) in [7, 11) is 1.85. The summed E-state index contributed by atoms with van der Waals surface area (Å²) in [6.07, 6.45) is 7.38. The average Bonchev–Trinajstić information content (AvgIpc) is 2.11. The lowest BCUT2D eigenvalue weighted by atomic mass is 10.1. The summed E-state index contributed by atoms with van der Waals surface area (Å²) in [6.45, 7) is 2.21. The maximum Gasteiger partial charge on any atom is 0.0950 e. The third-order valence-corrected chi connectivity index (χ3v) is 2.10. The highest BCUT2D eigenvalue weighted by Crippen LogP contribution is 2.06. The minimum absolute atomic E-state index is 0.0617. The van der Waals surface area contributed by atoms with Crippen LogP contribution in [0.3, 0.4) is 0 Å². The lowest BCUT2D eigenvalue weighted by molar-refractivity contribution is 0.549. The molecule has 0 heterocycles. The van der Waals surface area contributed by atoms with Crippen molar-refractivity contribution in [3.05, 3.63) is 0 Å². The Bertz CT molecular complexity index is 126. The van der Waals surface area contributed by atoms with Gasteiger partial charge in [-0.3, -0.25) is 0 Å². The monoisotopic (exact) mass is 168 g/mol. The van der Waals surface area contributed by atoms with Gasteiger partial charge in [-0.25, -0.2) is 0 Å². The van der Waals surface area contributed by atoms with Gasteiger partial charge in [0.25, 0.3) is 0 Å². The SMILES string of the molecule is CCCCCCCC(C#N)NC. The van der Waals surface area contributed by atoms with Crippen LogP contribution in [0.5, 0.6) is 0 Å². The molecule has 0 spiro atoms. The molecule has 0 aliphatic heterocycles. The van der Waals surface area contributed by atoms with Crippen molar-refractivity contribution in [1.82, 2.24) is 5.32 Å². The lowest BCUT2D eigenvalue weighted by Gasteiger charge is -2.05. The van der Waals surface area contributed by atoms with Gasteiger partial charge in [0.1, 0.15) is 0 Å². The fourth-order valence-corrected chi connectivity index (χ4v) is 1.23. The van der Waals surface area contributed by atoms with Gasteiger partial charge in [-0.2, -0.15) is 5.26 Å². The molecule has 0 aliphatic carbocycles. The average molecular weight is 168 g/mol. The zero-order valence-corrected chi connectivity index (χ0v) is 8.27. The van der Waals surface area contributed by atoms with Crippen LogP contribution in [0.2, 0.25) is 0 Å². The van der Waals surface area contributed by atoms with Gasteiger partial charge in [0, 0.05) is 0 Å². The lowest BCUT2D eigenvalue weighted by Crippen LogP contribution is -2.22. The van der Waals surface area contributed by atoms with Crippen LogP contribution in [0.4, 0.5) is 0 Å². The summed E-state index contributed by atoms with van der Waals surface area (Å²) in [5.74, 6) is 0. The van der Waals surface area contributed by atoms with Crippen molar-refractivity contribution in [2.24, 2.45) is 0 Å². The minimum atomic E-state index is 0.0617. The molecule has 0 bridgehead atoms. The van der Waals surface area contributed by atoms with E-state index in [4.69, 9.17) is 5.26 Å². The zero-order valence-electron chi connectivity index (χ0n) is 8.27. The number of unbranched alkanes of at least 4 members (excludes halogenated alkanes) is 4. The molecule has 70 valence electrons. The van der Waals surface area contributed by atoms with Crippen molar-refractivity contribution in [3.63, 3.8) is 0 Å².